The van der Waals surface area contributed by atoms with Gasteiger partial charge in [-0.15, -0.1) is 0 Å². The molecule has 2 rings (SSSR count). The molecule has 12 heteroatoms. The van der Waals surface area contributed by atoms with Gasteiger partial charge in [0.2, 0.25) is 11.8 Å². The highest BCUT2D eigenvalue weighted by Crippen LogP contribution is 2.16. The zero-order valence-corrected chi connectivity index (χ0v) is 16.0. The number of benzene rings is 2. The summed E-state index contributed by atoms with van der Waals surface area (Å²) in [6.07, 6.45) is -3.15. The fourth-order valence-corrected chi connectivity index (χ4v) is 2.53. The van der Waals surface area contributed by atoms with Crippen LogP contribution in [-0.2, 0) is 32.0 Å². The third kappa shape index (κ3) is 6.93. The molecule has 6 nitrogen and oxygen atoms in total. The number of hydrogen-bond acceptors (Lipinski definition) is 4. The Balaban J connectivity index is 1.79. The van der Waals surface area contributed by atoms with Crippen LogP contribution in [0.1, 0.15) is 24.0 Å². The quantitative estimate of drug-likeness (QED) is 0.274. The first-order valence-corrected chi connectivity index (χ1v) is 8.84. The lowest BCUT2D eigenvalue weighted by Crippen LogP contribution is -2.43. The number of rotatable bonds is 8. The summed E-state index contributed by atoms with van der Waals surface area (Å²) in [5.74, 6) is -11.9. The van der Waals surface area contributed by atoms with Gasteiger partial charge in [-0.3, -0.25) is 30.0 Å². The van der Waals surface area contributed by atoms with Crippen molar-refractivity contribution in [1.29, 1.82) is 0 Å². The van der Waals surface area contributed by atoms with Crippen molar-refractivity contribution in [2.45, 2.75) is 25.7 Å². The normalized spacial score (nSPS) is 10.6. The van der Waals surface area contributed by atoms with Gasteiger partial charge in [0, 0.05) is 25.0 Å². The van der Waals surface area contributed by atoms with Crippen molar-refractivity contribution in [3.8, 4) is 0 Å². The van der Waals surface area contributed by atoms with Crippen LogP contribution in [0.5, 0.6) is 0 Å². The Morgan fingerprint density at radius 1 is 0.531 bits per heavy atom. The van der Waals surface area contributed by atoms with E-state index in [2.05, 4.69) is 0 Å². The van der Waals surface area contributed by atoms with Crippen LogP contribution in [0.2, 0.25) is 0 Å². The second-order valence-electron chi connectivity index (χ2n) is 6.60. The number of nitrogens with one attached hydrogen (secondary N) is 2. The number of Topliss-reactive ketones (excluding diaryl/α,β-unsaturated/α-hetero) is 2. The van der Waals surface area contributed by atoms with Crippen molar-refractivity contribution >= 4 is 23.4 Å². The third-order valence-electron chi connectivity index (χ3n) is 4.01. The van der Waals surface area contributed by atoms with Crippen LogP contribution >= 0.6 is 0 Å². The second kappa shape index (κ2) is 10.6. The van der Waals surface area contributed by atoms with E-state index in [0.717, 1.165) is 0 Å². The van der Waals surface area contributed by atoms with Gasteiger partial charge in [-0.2, -0.15) is 0 Å². The van der Waals surface area contributed by atoms with E-state index in [9.17, 15) is 45.5 Å². The van der Waals surface area contributed by atoms with Gasteiger partial charge in [-0.1, -0.05) is 0 Å². The molecule has 0 radical (unpaired) electrons. The average Bonchev–Trinajstić information content (AvgIpc) is 2.68. The third-order valence-corrected chi connectivity index (χ3v) is 4.01. The first kappa shape index (κ1) is 24.6. The van der Waals surface area contributed by atoms with Crippen molar-refractivity contribution in [2.24, 2.45) is 0 Å². The molecule has 0 bridgehead atoms. The molecule has 2 aromatic rings. The topological polar surface area (TPSA) is 92.3 Å². The van der Waals surface area contributed by atoms with Gasteiger partial charge in [-0.05, 0) is 23.3 Å². The molecule has 170 valence electrons. The van der Waals surface area contributed by atoms with Gasteiger partial charge in [0.15, 0.2) is 23.3 Å². The Kier molecular flexibility index (Phi) is 8.10. The lowest BCUT2D eigenvalue weighted by Gasteiger charge is -2.08. The van der Waals surface area contributed by atoms with Gasteiger partial charge in [-0.25, -0.2) is 26.3 Å². The summed E-state index contributed by atoms with van der Waals surface area (Å²) in [6.45, 7) is 0. The van der Waals surface area contributed by atoms with Crippen LogP contribution in [-0.4, -0.2) is 23.4 Å². The van der Waals surface area contributed by atoms with E-state index in [1.165, 1.54) is 0 Å². The number of halogens is 6. The Hall–Kier alpha value is -3.70. The summed E-state index contributed by atoms with van der Waals surface area (Å²) < 4.78 is 79.0. The number of hydrogen-bond donors (Lipinski definition) is 2. The molecule has 0 aliphatic carbocycles. The first-order chi connectivity index (χ1) is 15.0. The van der Waals surface area contributed by atoms with Gasteiger partial charge in [0.25, 0.3) is 0 Å². The van der Waals surface area contributed by atoms with Crippen molar-refractivity contribution in [2.75, 3.05) is 0 Å². The van der Waals surface area contributed by atoms with Gasteiger partial charge in [0.05, 0.1) is 12.8 Å². The number of carbonyl (C=O) groups is 4. The van der Waals surface area contributed by atoms with Crippen LogP contribution in [0.3, 0.4) is 0 Å². The summed E-state index contributed by atoms with van der Waals surface area (Å²) in [4.78, 5) is 46.9. The van der Waals surface area contributed by atoms with Crippen LogP contribution in [0.25, 0.3) is 0 Å². The molecule has 0 heterocycles. The van der Waals surface area contributed by atoms with E-state index < -0.39 is 95.1 Å². The lowest BCUT2D eigenvalue weighted by atomic mass is 10.1. The molecule has 0 fully saturated rings. The van der Waals surface area contributed by atoms with Crippen molar-refractivity contribution < 1.29 is 45.5 Å². The summed E-state index contributed by atoms with van der Waals surface area (Å²) in [7, 11) is 0. The molecular weight excluding hydrogens is 446 g/mol. The predicted molar refractivity (Wildman–Crippen MR) is 95.6 cm³/mol. The maximum absolute atomic E-state index is 13.5. The Morgan fingerprint density at radius 3 is 1.19 bits per heavy atom. The highest BCUT2D eigenvalue weighted by Gasteiger charge is 2.18. The summed E-state index contributed by atoms with van der Waals surface area (Å²) in [5.41, 5.74) is 2.67. The second-order valence-corrected chi connectivity index (χ2v) is 6.60. The van der Waals surface area contributed by atoms with Crippen molar-refractivity contribution in [3.05, 3.63) is 70.3 Å². The molecule has 2 N–H and O–H groups in total. The number of ketones is 2. The minimum Gasteiger partial charge on any atom is -0.299 e. The highest BCUT2D eigenvalue weighted by atomic mass is 19.2. The molecule has 0 saturated carbocycles. The standard InChI is InChI=1S/C20H14F6N2O4/c21-13-7-17(25)15(23)3-9(13)1-11(29)5-19(31)27-28-20(32)6-12(30)2-10-4-16(24)18(26)8-14(10)22/h3-4,7-8H,1-2,5-6H2,(H,27,31)(H,28,32). The number of carbonyl (C=O) groups excluding carboxylic acids is 4. The van der Waals surface area contributed by atoms with Gasteiger partial charge >= 0.3 is 0 Å². The Bertz CT molecular complexity index is 1000. The molecule has 0 aromatic heterocycles. The summed E-state index contributed by atoms with van der Waals surface area (Å²) >= 11 is 0. The maximum atomic E-state index is 13.5. The minimum atomic E-state index is -1.44. The zero-order chi connectivity index (χ0) is 24.0. The van der Waals surface area contributed by atoms with E-state index >= 15 is 0 Å². The fourth-order valence-electron chi connectivity index (χ4n) is 2.53. The first-order valence-electron chi connectivity index (χ1n) is 8.84. The van der Waals surface area contributed by atoms with Crippen LogP contribution in [0.15, 0.2) is 24.3 Å². The lowest BCUT2D eigenvalue weighted by molar-refractivity contribution is -0.134. The molecule has 0 aliphatic rings. The van der Waals surface area contributed by atoms with Crippen LogP contribution in [0.4, 0.5) is 26.3 Å². The molecule has 0 aliphatic heterocycles. The zero-order valence-electron chi connectivity index (χ0n) is 16.0. The Morgan fingerprint density at radius 2 is 0.844 bits per heavy atom. The molecule has 0 spiro atoms. The minimum absolute atomic E-state index is 0.251. The molecule has 0 saturated heterocycles. The van der Waals surface area contributed by atoms with E-state index in [-0.39, 0.29) is 12.1 Å². The highest BCUT2D eigenvalue weighted by molar-refractivity contribution is 6.01. The van der Waals surface area contributed by atoms with Crippen LogP contribution < -0.4 is 10.9 Å². The SMILES string of the molecule is O=C(CC(=O)NNC(=O)CC(=O)Cc1cc(F)c(F)cc1F)Cc1cc(F)c(F)cc1F. The monoisotopic (exact) mass is 460 g/mol. The Labute approximate surface area is 176 Å². The average molecular weight is 460 g/mol. The van der Waals surface area contributed by atoms with E-state index in [1.54, 1.807) is 0 Å². The fraction of sp³-hybridized carbons (Fsp3) is 0.200. The number of hydrazine groups is 1. The molecule has 2 amide bonds. The molecular formula is C20H14F6N2O4. The van der Waals surface area contributed by atoms with E-state index in [0.29, 0.717) is 12.1 Å². The van der Waals surface area contributed by atoms with E-state index in [1.807, 2.05) is 10.9 Å². The van der Waals surface area contributed by atoms with E-state index in [4.69, 9.17) is 0 Å². The van der Waals surface area contributed by atoms with Crippen LogP contribution in [0, 0.1) is 34.9 Å². The smallest absolute Gasteiger partial charge is 0.245 e. The molecule has 2 aromatic carbocycles. The molecule has 0 atom stereocenters. The largest absolute Gasteiger partial charge is 0.299 e. The number of amides is 2. The van der Waals surface area contributed by atoms with Gasteiger partial charge in [0.1, 0.15) is 23.2 Å². The summed E-state index contributed by atoms with van der Waals surface area (Å²) in [6, 6.07) is 1.45. The predicted octanol–water partition coefficient (Wildman–Crippen LogP) is 2.37. The molecule has 0 unspecified atom stereocenters. The molecule has 32 heavy (non-hydrogen) atoms. The maximum Gasteiger partial charge on any atom is 0.245 e. The summed E-state index contributed by atoms with van der Waals surface area (Å²) in [5, 5.41) is 0. The van der Waals surface area contributed by atoms with Gasteiger partial charge < -0.3 is 0 Å². The van der Waals surface area contributed by atoms with Crippen molar-refractivity contribution in [3.63, 3.8) is 0 Å². The van der Waals surface area contributed by atoms with Crippen molar-refractivity contribution in [1.82, 2.24) is 10.9 Å².